The minimum atomic E-state index is 0.00600. The molecule has 2 amide bonds. The van der Waals surface area contributed by atoms with Gasteiger partial charge in [0.2, 0.25) is 5.91 Å². The largest absolute Gasteiger partial charge is 0.493 e. The molecule has 0 radical (unpaired) electrons. The third kappa shape index (κ3) is 4.89. The molecule has 2 fully saturated rings. The lowest BCUT2D eigenvalue weighted by atomic mass is 9.78. The fourth-order valence-electron chi connectivity index (χ4n) is 4.99. The Morgan fingerprint density at radius 1 is 1.03 bits per heavy atom. The Bertz CT molecular complexity index is 909. The second-order valence-corrected chi connectivity index (χ2v) is 8.77. The maximum absolute atomic E-state index is 13.2. The Hall–Kier alpha value is -2.89. The summed E-state index contributed by atoms with van der Waals surface area (Å²) in [4.78, 5) is 33.2. The maximum atomic E-state index is 13.2. The van der Waals surface area contributed by atoms with Crippen LogP contribution in [0.25, 0.3) is 0 Å². The van der Waals surface area contributed by atoms with Crippen LogP contribution >= 0.6 is 0 Å². The van der Waals surface area contributed by atoms with E-state index < -0.39 is 0 Å². The highest BCUT2D eigenvalue weighted by Gasteiger charge is 2.41. The zero-order valence-electron chi connectivity index (χ0n) is 18.4. The van der Waals surface area contributed by atoms with Gasteiger partial charge in [0, 0.05) is 45.2 Å². The number of amides is 2. The van der Waals surface area contributed by atoms with Gasteiger partial charge in [-0.05, 0) is 55.4 Å². The summed E-state index contributed by atoms with van der Waals surface area (Å²) in [5.41, 5.74) is 1.44. The summed E-state index contributed by atoms with van der Waals surface area (Å²) in [7, 11) is 0. The number of hydrogen-bond donors (Lipinski definition) is 0. The molecule has 2 aromatic rings. The summed E-state index contributed by atoms with van der Waals surface area (Å²) < 4.78 is 6.11. The zero-order chi connectivity index (χ0) is 21.8. The van der Waals surface area contributed by atoms with Crippen molar-refractivity contribution in [1.29, 1.82) is 0 Å². The van der Waals surface area contributed by atoms with E-state index in [-0.39, 0.29) is 17.7 Å². The Balaban J connectivity index is 1.48. The summed E-state index contributed by atoms with van der Waals surface area (Å²) in [6.45, 7) is 7.17. The van der Waals surface area contributed by atoms with Crippen LogP contribution in [-0.4, -0.2) is 59.4 Å². The monoisotopic (exact) mass is 421 g/mol. The maximum Gasteiger partial charge on any atom is 0.272 e. The molecule has 3 heterocycles. The molecular weight excluding hydrogens is 390 g/mol. The predicted octanol–water partition coefficient (Wildman–Crippen LogP) is 3.42. The Kier molecular flexibility index (Phi) is 6.54. The highest BCUT2D eigenvalue weighted by molar-refractivity contribution is 5.93. The number of para-hydroxylation sites is 1. The van der Waals surface area contributed by atoms with Gasteiger partial charge in [0.1, 0.15) is 11.4 Å². The number of carbonyl (C=O) groups excluding carboxylic acids is 2. The lowest BCUT2D eigenvalue weighted by Crippen LogP contribution is -2.40. The minimum absolute atomic E-state index is 0.00600. The average molecular weight is 422 g/mol. The molecule has 31 heavy (non-hydrogen) atoms. The first-order chi connectivity index (χ1) is 15.0. The number of ether oxygens (including phenoxy) is 1. The number of rotatable bonds is 5. The molecule has 0 unspecified atom stereocenters. The van der Waals surface area contributed by atoms with E-state index in [2.05, 4.69) is 4.98 Å². The number of benzene rings is 1. The van der Waals surface area contributed by atoms with E-state index in [4.69, 9.17) is 4.74 Å². The minimum Gasteiger partial charge on any atom is -0.493 e. The molecule has 164 valence electrons. The van der Waals surface area contributed by atoms with Gasteiger partial charge >= 0.3 is 0 Å². The molecule has 2 atom stereocenters. The van der Waals surface area contributed by atoms with Gasteiger partial charge in [0.15, 0.2) is 0 Å². The third-order valence-corrected chi connectivity index (χ3v) is 6.79. The predicted molar refractivity (Wildman–Crippen MR) is 119 cm³/mol. The smallest absolute Gasteiger partial charge is 0.272 e. The fraction of sp³-hybridized carbons (Fsp3) is 0.480. The normalized spacial score (nSPS) is 21.9. The molecule has 2 saturated heterocycles. The number of aryl methyl sites for hydroxylation is 1. The van der Waals surface area contributed by atoms with Crippen LogP contribution in [-0.2, 0) is 4.79 Å². The van der Waals surface area contributed by atoms with Crippen molar-refractivity contribution in [2.75, 3.05) is 32.8 Å². The third-order valence-electron chi connectivity index (χ3n) is 6.79. The highest BCUT2D eigenvalue weighted by Crippen LogP contribution is 2.37. The van der Waals surface area contributed by atoms with Gasteiger partial charge in [-0.15, -0.1) is 0 Å². The van der Waals surface area contributed by atoms with Crippen LogP contribution in [0.1, 0.15) is 35.8 Å². The lowest BCUT2D eigenvalue weighted by Gasteiger charge is -2.36. The van der Waals surface area contributed by atoms with Crippen molar-refractivity contribution in [1.82, 2.24) is 14.8 Å². The van der Waals surface area contributed by atoms with Gasteiger partial charge in [-0.1, -0.05) is 24.3 Å². The van der Waals surface area contributed by atoms with Crippen LogP contribution in [0.5, 0.6) is 5.75 Å². The number of piperidine rings is 1. The van der Waals surface area contributed by atoms with Gasteiger partial charge in [-0.3, -0.25) is 14.6 Å². The van der Waals surface area contributed by atoms with E-state index >= 15 is 0 Å². The molecule has 2 aliphatic rings. The van der Waals surface area contributed by atoms with E-state index in [0.29, 0.717) is 30.7 Å². The van der Waals surface area contributed by atoms with Gasteiger partial charge in [-0.2, -0.15) is 0 Å². The van der Waals surface area contributed by atoms with Crippen molar-refractivity contribution in [3.63, 3.8) is 0 Å². The molecule has 0 aliphatic carbocycles. The van der Waals surface area contributed by atoms with E-state index in [1.807, 2.05) is 59.2 Å². The first-order valence-electron chi connectivity index (χ1n) is 11.2. The topological polar surface area (TPSA) is 62.7 Å². The molecule has 0 spiro atoms. The lowest BCUT2D eigenvalue weighted by molar-refractivity contribution is -0.130. The number of likely N-dealkylation sites (tertiary alicyclic amines) is 2. The van der Waals surface area contributed by atoms with E-state index in [9.17, 15) is 9.59 Å². The summed E-state index contributed by atoms with van der Waals surface area (Å²) in [6, 6.07) is 13.6. The van der Waals surface area contributed by atoms with Crippen LogP contribution in [0, 0.1) is 24.7 Å². The quantitative estimate of drug-likeness (QED) is 0.742. The van der Waals surface area contributed by atoms with Gasteiger partial charge in [0.05, 0.1) is 6.61 Å². The second kappa shape index (κ2) is 9.50. The summed E-state index contributed by atoms with van der Waals surface area (Å²) >= 11 is 0. The first kappa shape index (κ1) is 21.3. The molecule has 0 N–H and O–H groups in total. The highest BCUT2D eigenvalue weighted by atomic mass is 16.5. The van der Waals surface area contributed by atoms with Crippen molar-refractivity contribution in [3.05, 3.63) is 59.9 Å². The van der Waals surface area contributed by atoms with Crippen molar-refractivity contribution >= 4 is 11.8 Å². The molecule has 2 aliphatic heterocycles. The molecular formula is C25H31N3O3. The summed E-state index contributed by atoms with van der Waals surface area (Å²) in [5.74, 6) is 2.14. The Morgan fingerprint density at radius 3 is 2.45 bits per heavy atom. The molecule has 0 saturated carbocycles. The Labute approximate surface area is 184 Å². The standard InChI is InChI=1S/C25H31N3O3/c1-18-7-6-12-26-24(18)25(30)28-15-21(17-31-22-8-4-3-5-9-22)23(16-28)20-10-13-27(14-11-20)19(2)29/h3-9,12,20-21,23H,10-11,13-17H2,1-2H3/t21-,23-/m0/s1. The fourth-order valence-corrected chi connectivity index (χ4v) is 4.99. The van der Waals surface area contributed by atoms with E-state index in [1.165, 1.54) is 0 Å². The SMILES string of the molecule is CC(=O)N1CCC([C@@H]2CN(C(=O)c3ncccc3C)C[C@H]2COc2ccccc2)CC1. The number of carbonyl (C=O) groups is 2. The molecule has 1 aromatic carbocycles. The van der Waals surface area contributed by atoms with Gasteiger partial charge in [0.25, 0.3) is 5.91 Å². The van der Waals surface area contributed by atoms with Crippen LogP contribution in [0.3, 0.4) is 0 Å². The van der Waals surface area contributed by atoms with Gasteiger partial charge in [-0.25, -0.2) is 0 Å². The van der Waals surface area contributed by atoms with E-state index in [1.54, 1.807) is 13.1 Å². The van der Waals surface area contributed by atoms with Crippen LogP contribution in [0.4, 0.5) is 0 Å². The number of aromatic nitrogens is 1. The van der Waals surface area contributed by atoms with Crippen molar-refractivity contribution < 1.29 is 14.3 Å². The van der Waals surface area contributed by atoms with Crippen LogP contribution in [0.2, 0.25) is 0 Å². The van der Waals surface area contributed by atoms with Crippen LogP contribution in [0.15, 0.2) is 48.7 Å². The molecule has 4 rings (SSSR count). The average Bonchev–Trinajstić information content (AvgIpc) is 3.22. The molecule has 1 aromatic heterocycles. The van der Waals surface area contributed by atoms with E-state index in [0.717, 1.165) is 43.8 Å². The molecule has 6 nitrogen and oxygen atoms in total. The van der Waals surface area contributed by atoms with Crippen molar-refractivity contribution in [2.24, 2.45) is 17.8 Å². The molecule has 0 bridgehead atoms. The van der Waals surface area contributed by atoms with Crippen molar-refractivity contribution in [2.45, 2.75) is 26.7 Å². The first-order valence-corrected chi connectivity index (χ1v) is 11.2. The number of nitrogens with zero attached hydrogens (tertiary/aromatic N) is 3. The van der Waals surface area contributed by atoms with Crippen molar-refractivity contribution in [3.8, 4) is 5.75 Å². The summed E-state index contributed by atoms with van der Waals surface area (Å²) in [5, 5.41) is 0. The Morgan fingerprint density at radius 2 is 1.77 bits per heavy atom. The zero-order valence-corrected chi connectivity index (χ0v) is 18.4. The summed E-state index contributed by atoms with van der Waals surface area (Å²) in [6.07, 6.45) is 3.65. The number of hydrogen-bond acceptors (Lipinski definition) is 4. The second-order valence-electron chi connectivity index (χ2n) is 8.77. The molecule has 6 heteroatoms. The number of pyridine rings is 1. The van der Waals surface area contributed by atoms with Crippen LogP contribution < -0.4 is 4.74 Å². The van der Waals surface area contributed by atoms with Gasteiger partial charge < -0.3 is 14.5 Å².